The molecule has 2 aromatic rings. The lowest BCUT2D eigenvalue weighted by Gasteiger charge is -2.21. The molecule has 2 heterocycles. The normalized spacial score (nSPS) is 16.2. The summed E-state index contributed by atoms with van der Waals surface area (Å²) in [6.07, 6.45) is 1.60. The van der Waals surface area contributed by atoms with Crippen molar-refractivity contribution in [1.82, 2.24) is 5.16 Å². The molecule has 0 radical (unpaired) electrons. The highest BCUT2D eigenvalue weighted by Crippen LogP contribution is 2.25. The molecule has 0 aliphatic carbocycles. The predicted molar refractivity (Wildman–Crippen MR) is 89.5 cm³/mol. The summed E-state index contributed by atoms with van der Waals surface area (Å²) >= 11 is 0. The standard InChI is InChI=1S/C17H21NO5S/c1-21-16-4-2-3-14(9-16)17-10-15(18-23-17)12-24(19,20)11-13-5-7-22-8-6-13/h2-4,9-10,13H,5-8,11-12H2,1H3. The van der Waals surface area contributed by atoms with Crippen LogP contribution in [0.2, 0.25) is 0 Å². The number of hydrogen-bond acceptors (Lipinski definition) is 6. The van der Waals surface area contributed by atoms with Gasteiger partial charge >= 0.3 is 0 Å². The predicted octanol–water partition coefficient (Wildman–Crippen LogP) is 2.69. The Labute approximate surface area is 141 Å². The van der Waals surface area contributed by atoms with Crippen LogP contribution in [0.1, 0.15) is 18.5 Å². The smallest absolute Gasteiger partial charge is 0.167 e. The summed E-state index contributed by atoms with van der Waals surface area (Å²) in [7, 11) is -1.63. The zero-order valence-electron chi connectivity index (χ0n) is 13.6. The van der Waals surface area contributed by atoms with Crippen LogP contribution in [0.4, 0.5) is 0 Å². The molecular formula is C17H21NO5S. The summed E-state index contributed by atoms with van der Waals surface area (Å²) < 4.78 is 40.5. The monoisotopic (exact) mass is 351 g/mol. The Morgan fingerprint density at radius 1 is 1.25 bits per heavy atom. The number of hydrogen-bond donors (Lipinski definition) is 0. The molecular weight excluding hydrogens is 330 g/mol. The van der Waals surface area contributed by atoms with E-state index in [0.717, 1.165) is 18.4 Å². The van der Waals surface area contributed by atoms with Gasteiger partial charge in [0.1, 0.15) is 5.75 Å². The molecule has 3 rings (SSSR count). The highest BCUT2D eigenvalue weighted by atomic mass is 32.2. The quantitative estimate of drug-likeness (QED) is 0.796. The molecule has 0 bridgehead atoms. The summed E-state index contributed by atoms with van der Waals surface area (Å²) in [6, 6.07) is 9.04. The number of sulfone groups is 1. The minimum atomic E-state index is -3.22. The number of benzene rings is 1. The molecule has 0 saturated carbocycles. The van der Waals surface area contributed by atoms with Crippen molar-refractivity contribution in [3.63, 3.8) is 0 Å². The van der Waals surface area contributed by atoms with Crippen LogP contribution in [-0.2, 0) is 20.3 Å². The molecule has 0 atom stereocenters. The van der Waals surface area contributed by atoms with E-state index in [-0.39, 0.29) is 17.4 Å². The highest BCUT2D eigenvalue weighted by molar-refractivity contribution is 7.90. The third-order valence-electron chi connectivity index (χ3n) is 4.11. The van der Waals surface area contributed by atoms with Crippen molar-refractivity contribution < 1.29 is 22.4 Å². The zero-order chi connectivity index (χ0) is 17.0. The van der Waals surface area contributed by atoms with Crippen molar-refractivity contribution in [2.24, 2.45) is 5.92 Å². The van der Waals surface area contributed by atoms with Crippen LogP contribution in [0.5, 0.6) is 5.75 Å². The van der Waals surface area contributed by atoms with Gasteiger partial charge in [0.05, 0.1) is 24.3 Å². The SMILES string of the molecule is COc1cccc(-c2cc(CS(=O)(=O)CC3CCOCC3)no2)c1. The highest BCUT2D eigenvalue weighted by Gasteiger charge is 2.23. The summed E-state index contributed by atoms with van der Waals surface area (Å²) in [5.74, 6) is 1.49. The Bertz CT molecular complexity index is 778. The zero-order valence-corrected chi connectivity index (χ0v) is 14.4. The lowest BCUT2D eigenvalue weighted by molar-refractivity contribution is 0.0723. The van der Waals surface area contributed by atoms with Crippen molar-refractivity contribution in [3.8, 4) is 17.1 Å². The number of nitrogens with zero attached hydrogens (tertiary/aromatic N) is 1. The average molecular weight is 351 g/mol. The van der Waals surface area contributed by atoms with Gasteiger partial charge in [-0.25, -0.2) is 8.42 Å². The Morgan fingerprint density at radius 3 is 2.79 bits per heavy atom. The molecule has 1 saturated heterocycles. The second-order valence-corrected chi connectivity index (χ2v) is 8.13. The average Bonchev–Trinajstić information content (AvgIpc) is 3.03. The van der Waals surface area contributed by atoms with Gasteiger partial charge in [0, 0.05) is 24.8 Å². The molecule has 130 valence electrons. The molecule has 0 amide bonds. The minimum Gasteiger partial charge on any atom is -0.497 e. The fourth-order valence-corrected chi connectivity index (χ4v) is 4.60. The largest absolute Gasteiger partial charge is 0.497 e. The summed E-state index contributed by atoms with van der Waals surface area (Å²) in [6.45, 7) is 1.29. The molecule has 1 aliphatic rings. The maximum absolute atomic E-state index is 12.4. The second-order valence-electron chi connectivity index (χ2n) is 6.02. The van der Waals surface area contributed by atoms with Gasteiger partial charge in [-0.2, -0.15) is 0 Å². The Morgan fingerprint density at radius 2 is 2.04 bits per heavy atom. The van der Waals surface area contributed by atoms with Crippen LogP contribution in [0.15, 0.2) is 34.9 Å². The van der Waals surface area contributed by atoms with Gasteiger partial charge in [0.15, 0.2) is 15.6 Å². The number of aromatic nitrogens is 1. The maximum Gasteiger partial charge on any atom is 0.167 e. The van der Waals surface area contributed by atoms with Crippen LogP contribution >= 0.6 is 0 Å². The summed E-state index contributed by atoms with van der Waals surface area (Å²) in [5.41, 5.74) is 1.23. The van der Waals surface area contributed by atoms with Crippen molar-refractivity contribution >= 4 is 9.84 Å². The minimum absolute atomic E-state index is 0.0994. The van der Waals surface area contributed by atoms with Gasteiger partial charge in [0.25, 0.3) is 0 Å². The Kier molecular flexibility index (Phi) is 5.20. The summed E-state index contributed by atoms with van der Waals surface area (Å²) in [4.78, 5) is 0. The molecule has 7 heteroatoms. The molecule has 1 aromatic carbocycles. The van der Waals surface area contributed by atoms with E-state index in [1.54, 1.807) is 13.2 Å². The third kappa shape index (κ3) is 4.36. The molecule has 0 N–H and O–H groups in total. The van der Waals surface area contributed by atoms with E-state index in [4.69, 9.17) is 14.0 Å². The van der Waals surface area contributed by atoms with Gasteiger partial charge < -0.3 is 14.0 Å². The first kappa shape index (κ1) is 17.0. The molecule has 1 fully saturated rings. The van der Waals surface area contributed by atoms with Crippen molar-refractivity contribution in [2.75, 3.05) is 26.1 Å². The van der Waals surface area contributed by atoms with E-state index in [9.17, 15) is 8.42 Å². The molecule has 0 spiro atoms. The van der Waals surface area contributed by atoms with E-state index in [1.807, 2.05) is 24.3 Å². The first-order chi connectivity index (χ1) is 11.6. The van der Waals surface area contributed by atoms with Crippen LogP contribution in [-0.4, -0.2) is 39.7 Å². The molecule has 6 nitrogen and oxygen atoms in total. The molecule has 0 unspecified atom stereocenters. The topological polar surface area (TPSA) is 78.6 Å². The van der Waals surface area contributed by atoms with E-state index < -0.39 is 9.84 Å². The Hall–Kier alpha value is -1.86. The van der Waals surface area contributed by atoms with E-state index in [0.29, 0.717) is 30.4 Å². The lowest BCUT2D eigenvalue weighted by atomic mass is 10.0. The second kappa shape index (κ2) is 7.36. The van der Waals surface area contributed by atoms with E-state index >= 15 is 0 Å². The fraction of sp³-hybridized carbons (Fsp3) is 0.471. The van der Waals surface area contributed by atoms with Gasteiger partial charge in [-0.15, -0.1) is 0 Å². The third-order valence-corrected chi connectivity index (χ3v) is 5.83. The van der Waals surface area contributed by atoms with Crippen LogP contribution in [0, 0.1) is 5.92 Å². The van der Waals surface area contributed by atoms with E-state index in [2.05, 4.69) is 5.16 Å². The van der Waals surface area contributed by atoms with Gasteiger partial charge in [-0.1, -0.05) is 17.3 Å². The number of methoxy groups -OCH3 is 1. The lowest BCUT2D eigenvalue weighted by Crippen LogP contribution is -2.24. The number of ether oxygens (including phenoxy) is 2. The van der Waals surface area contributed by atoms with Gasteiger partial charge in [0.2, 0.25) is 0 Å². The van der Waals surface area contributed by atoms with Crippen molar-refractivity contribution in [2.45, 2.75) is 18.6 Å². The van der Waals surface area contributed by atoms with Crippen molar-refractivity contribution in [3.05, 3.63) is 36.0 Å². The first-order valence-electron chi connectivity index (χ1n) is 7.94. The van der Waals surface area contributed by atoms with Gasteiger partial charge in [-0.05, 0) is 30.9 Å². The molecule has 1 aliphatic heterocycles. The summed E-state index contributed by atoms with van der Waals surface area (Å²) in [5, 5.41) is 3.91. The molecule has 1 aromatic heterocycles. The van der Waals surface area contributed by atoms with Crippen LogP contribution in [0.25, 0.3) is 11.3 Å². The maximum atomic E-state index is 12.4. The van der Waals surface area contributed by atoms with Crippen LogP contribution < -0.4 is 4.74 Å². The van der Waals surface area contributed by atoms with Gasteiger partial charge in [-0.3, -0.25) is 0 Å². The van der Waals surface area contributed by atoms with Crippen LogP contribution in [0.3, 0.4) is 0 Å². The first-order valence-corrected chi connectivity index (χ1v) is 9.76. The fourth-order valence-electron chi connectivity index (χ4n) is 2.85. The number of rotatable bonds is 6. The van der Waals surface area contributed by atoms with E-state index in [1.165, 1.54) is 0 Å². The molecule has 24 heavy (non-hydrogen) atoms. The van der Waals surface area contributed by atoms with Crippen molar-refractivity contribution in [1.29, 1.82) is 0 Å². The Balaban J connectivity index is 1.68.